The highest BCUT2D eigenvalue weighted by Crippen LogP contribution is 2.43. The Balaban J connectivity index is 0.776. The smallest absolute Gasteiger partial charge is 0.0622 e. The topological polar surface area (TPSA) is 14.3 Å². The van der Waals surface area contributed by atoms with Crippen molar-refractivity contribution in [2.24, 2.45) is 0 Å². The molecule has 0 saturated carbocycles. The van der Waals surface area contributed by atoms with Gasteiger partial charge >= 0.3 is 0 Å². The molecule has 0 aliphatic carbocycles. The van der Waals surface area contributed by atoms with E-state index in [9.17, 15) is 0 Å². The lowest BCUT2D eigenvalue weighted by Gasteiger charge is -2.11. The number of nitrogens with zero attached hydrogens (tertiary/aromatic N) is 3. The Hall–Kier alpha value is -9.18. The summed E-state index contributed by atoms with van der Waals surface area (Å²) in [5, 5.41) is 10.1. The first kappa shape index (κ1) is 38.0. The highest BCUT2D eigenvalue weighted by molar-refractivity contribution is 6.24. The molecule has 0 aliphatic heterocycles. The fourth-order valence-corrected chi connectivity index (χ4v) is 11.6. The molecule has 0 atom stereocenters. The van der Waals surface area contributed by atoms with Crippen LogP contribution in [-0.4, -0.2) is 13.5 Å². The number of benzene rings is 11. The lowest BCUT2D eigenvalue weighted by atomic mass is 9.98. The van der Waals surface area contributed by atoms with Crippen LogP contribution in [0.4, 0.5) is 0 Å². The van der Waals surface area contributed by atoms with Crippen molar-refractivity contribution in [1.82, 2.24) is 13.5 Å². The highest BCUT2D eigenvalue weighted by atomic mass is 15.0. The summed E-state index contributed by atoms with van der Waals surface area (Å²) in [6.07, 6.45) is 0. The Morgan fingerprint density at radius 3 is 0.971 bits per heavy atom. The highest BCUT2D eigenvalue weighted by Gasteiger charge is 2.21. The molecule has 0 saturated heterocycles. The summed E-state index contributed by atoms with van der Waals surface area (Å²) < 4.78 is 7.32. The van der Waals surface area contributed by atoms with Crippen molar-refractivity contribution in [3.05, 3.63) is 249 Å². The lowest BCUT2D eigenvalue weighted by Crippen LogP contribution is -1.94. The number of rotatable bonds is 6. The second-order valence-corrected chi connectivity index (χ2v) is 18.5. The maximum Gasteiger partial charge on any atom is 0.0622 e. The van der Waals surface area contributed by atoms with Gasteiger partial charge in [0, 0.05) is 54.5 Å². The van der Waals surface area contributed by atoms with Crippen LogP contribution in [0.15, 0.2) is 249 Å². The molecule has 0 radical (unpaired) electrons. The van der Waals surface area contributed by atoms with Crippen LogP contribution >= 0.6 is 0 Å². The van der Waals surface area contributed by atoms with E-state index in [1.54, 1.807) is 0 Å². The largest absolute Gasteiger partial charge is 0.309 e. The van der Waals surface area contributed by atoms with Crippen molar-refractivity contribution in [3.8, 4) is 55.9 Å². The molecule has 320 valence electrons. The molecule has 0 fully saturated rings. The predicted octanol–water partition coefficient (Wildman–Crippen LogP) is 17.7. The van der Waals surface area contributed by atoms with Crippen LogP contribution in [-0.2, 0) is 0 Å². The zero-order chi connectivity index (χ0) is 45.2. The van der Waals surface area contributed by atoms with Crippen LogP contribution in [0.25, 0.3) is 138 Å². The molecule has 3 heteroatoms. The van der Waals surface area contributed by atoms with Gasteiger partial charge in [-0.3, -0.25) is 0 Å². The minimum Gasteiger partial charge on any atom is -0.309 e. The predicted molar refractivity (Wildman–Crippen MR) is 292 cm³/mol. The van der Waals surface area contributed by atoms with Crippen LogP contribution < -0.4 is 0 Å². The van der Waals surface area contributed by atoms with Gasteiger partial charge in [0.1, 0.15) is 0 Å². The van der Waals surface area contributed by atoms with Crippen LogP contribution in [0, 0.1) is 0 Å². The Morgan fingerprint density at radius 1 is 0.188 bits per heavy atom. The van der Waals surface area contributed by atoms with Crippen LogP contribution in [0.1, 0.15) is 0 Å². The summed E-state index contributed by atoms with van der Waals surface area (Å²) >= 11 is 0. The standard InChI is InChI=1S/C66H41N3/c1-2-12-42(13-3-1)43-22-24-44(25-23-43)45-30-34-50(35-31-45)67-60-18-8-4-14-52(60)56-38-48(32-36-64(56)67)46-26-28-47(29-27-46)49-33-37-65-57(39-49)53-15-5-9-19-61(53)68(65)51-40-58-54-16-6-10-20-62(54)69-63-21-11-7-17-55(63)59(41-51)66(58)69/h1-41H. The fraction of sp³-hybridized carbons (Fsp3) is 0. The van der Waals surface area contributed by atoms with E-state index in [1.807, 2.05) is 0 Å². The first-order valence-corrected chi connectivity index (χ1v) is 23.8. The summed E-state index contributed by atoms with van der Waals surface area (Å²) in [4.78, 5) is 0. The molecule has 0 aliphatic rings. The molecule has 0 unspecified atom stereocenters. The SMILES string of the molecule is c1ccc(-c2ccc(-c3ccc(-n4c5ccccc5c5cc(-c6ccc(-c7ccc8c(c7)c7ccccc7n8-c7cc8c9ccccc9n9c%10ccccc%10c(c7)c89)cc6)ccc54)cc3)cc2)cc1. The van der Waals surface area contributed by atoms with E-state index < -0.39 is 0 Å². The molecule has 4 aromatic heterocycles. The molecular formula is C66H41N3. The number of fused-ring (bicyclic) bond motifs is 12. The molecule has 11 aromatic carbocycles. The van der Waals surface area contributed by atoms with Gasteiger partial charge in [-0.1, -0.05) is 176 Å². The Morgan fingerprint density at radius 2 is 0.507 bits per heavy atom. The molecule has 15 aromatic rings. The summed E-state index contributed by atoms with van der Waals surface area (Å²) in [7, 11) is 0. The van der Waals surface area contributed by atoms with Crippen LogP contribution in [0.2, 0.25) is 0 Å². The van der Waals surface area contributed by atoms with Gasteiger partial charge in [-0.2, -0.15) is 0 Å². The van der Waals surface area contributed by atoms with Crippen molar-refractivity contribution in [3.63, 3.8) is 0 Å². The van der Waals surface area contributed by atoms with Gasteiger partial charge < -0.3 is 13.5 Å². The summed E-state index contributed by atoms with van der Waals surface area (Å²) in [5.74, 6) is 0. The van der Waals surface area contributed by atoms with E-state index in [4.69, 9.17) is 0 Å². The van der Waals surface area contributed by atoms with E-state index in [-0.39, 0.29) is 0 Å². The minimum atomic E-state index is 1.15. The van der Waals surface area contributed by atoms with Gasteiger partial charge in [0.05, 0.1) is 38.6 Å². The second kappa shape index (κ2) is 14.7. The zero-order valence-corrected chi connectivity index (χ0v) is 37.5. The van der Waals surface area contributed by atoms with Gasteiger partial charge in [-0.25, -0.2) is 0 Å². The van der Waals surface area contributed by atoms with E-state index in [0.29, 0.717) is 0 Å². The van der Waals surface area contributed by atoms with Gasteiger partial charge in [-0.15, -0.1) is 0 Å². The van der Waals surface area contributed by atoms with E-state index >= 15 is 0 Å². The first-order valence-electron chi connectivity index (χ1n) is 23.8. The molecule has 0 amide bonds. The molecule has 4 heterocycles. The number of hydrogen-bond donors (Lipinski definition) is 0. The van der Waals surface area contributed by atoms with Gasteiger partial charge in [0.25, 0.3) is 0 Å². The maximum atomic E-state index is 2.47. The number of para-hydroxylation sites is 4. The van der Waals surface area contributed by atoms with Crippen molar-refractivity contribution < 1.29 is 0 Å². The third kappa shape index (κ3) is 5.68. The molecule has 0 bridgehead atoms. The van der Waals surface area contributed by atoms with Crippen molar-refractivity contribution >= 4 is 81.7 Å². The van der Waals surface area contributed by atoms with Gasteiger partial charge in [0.15, 0.2) is 0 Å². The Labute approximate surface area is 397 Å². The van der Waals surface area contributed by atoms with Gasteiger partial charge in [-0.05, 0) is 117 Å². The molecule has 15 rings (SSSR count). The van der Waals surface area contributed by atoms with E-state index in [0.717, 1.165) is 5.69 Å². The fourth-order valence-electron chi connectivity index (χ4n) is 11.6. The first-order chi connectivity index (χ1) is 34.2. The molecular weight excluding hydrogens is 835 g/mol. The Kier molecular flexibility index (Phi) is 8.07. The van der Waals surface area contributed by atoms with Gasteiger partial charge in [0.2, 0.25) is 0 Å². The Bertz CT molecular complexity index is 4410. The van der Waals surface area contributed by atoms with E-state index in [1.165, 1.54) is 132 Å². The summed E-state index contributed by atoms with van der Waals surface area (Å²) in [5.41, 5.74) is 20.6. The number of aromatic nitrogens is 3. The third-order valence-corrected chi connectivity index (χ3v) is 14.8. The average molecular weight is 876 g/mol. The molecule has 0 spiro atoms. The molecule has 3 nitrogen and oxygen atoms in total. The average Bonchev–Trinajstić information content (AvgIpc) is 4.15. The minimum absolute atomic E-state index is 1.15. The lowest BCUT2D eigenvalue weighted by molar-refractivity contribution is 1.18. The van der Waals surface area contributed by atoms with Crippen molar-refractivity contribution in [2.75, 3.05) is 0 Å². The van der Waals surface area contributed by atoms with Crippen molar-refractivity contribution in [2.45, 2.75) is 0 Å². The molecule has 0 N–H and O–H groups in total. The van der Waals surface area contributed by atoms with Crippen LogP contribution in [0.5, 0.6) is 0 Å². The number of hydrogen-bond acceptors (Lipinski definition) is 0. The second-order valence-electron chi connectivity index (χ2n) is 18.5. The quantitative estimate of drug-likeness (QED) is 0.158. The zero-order valence-electron chi connectivity index (χ0n) is 37.5. The summed E-state index contributed by atoms with van der Waals surface area (Å²) in [6, 6.07) is 91.6. The third-order valence-electron chi connectivity index (χ3n) is 14.8. The summed E-state index contributed by atoms with van der Waals surface area (Å²) in [6.45, 7) is 0. The van der Waals surface area contributed by atoms with Crippen LogP contribution in [0.3, 0.4) is 0 Å². The van der Waals surface area contributed by atoms with E-state index in [2.05, 4.69) is 262 Å². The monoisotopic (exact) mass is 875 g/mol. The maximum absolute atomic E-state index is 2.47. The normalized spacial score (nSPS) is 12.1. The van der Waals surface area contributed by atoms with Crippen molar-refractivity contribution in [1.29, 1.82) is 0 Å². The molecule has 69 heavy (non-hydrogen) atoms.